The van der Waals surface area contributed by atoms with Crippen LogP contribution in [0.2, 0.25) is 0 Å². The maximum atomic E-state index is 12.2. The molecule has 0 aliphatic carbocycles. The number of aromatic nitrogens is 2. The molecule has 19 heavy (non-hydrogen) atoms. The molecule has 2 heterocycles. The van der Waals surface area contributed by atoms with Crippen molar-refractivity contribution in [1.82, 2.24) is 9.78 Å². The molecule has 2 aromatic rings. The number of hydrogen-bond acceptors (Lipinski definition) is 4. The van der Waals surface area contributed by atoms with Crippen molar-refractivity contribution in [3.05, 3.63) is 39.5 Å². The summed E-state index contributed by atoms with van der Waals surface area (Å²) in [6, 6.07) is 5.59. The molecule has 0 aromatic carbocycles. The highest BCUT2D eigenvalue weighted by molar-refractivity contribution is 7.80. The second-order valence-electron chi connectivity index (χ2n) is 4.17. The SMILES string of the molecule is CCCCn1nc(-c2cccs2)cc(C(N)=S)c1=O. The summed E-state index contributed by atoms with van der Waals surface area (Å²) in [5, 5.41) is 6.37. The Hall–Kier alpha value is -1.53. The number of hydrogen-bond donors (Lipinski definition) is 1. The minimum absolute atomic E-state index is 0.121. The van der Waals surface area contributed by atoms with Crippen LogP contribution >= 0.6 is 23.6 Å². The molecule has 2 aromatic heterocycles. The van der Waals surface area contributed by atoms with Crippen molar-refractivity contribution in [3.8, 4) is 10.6 Å². The van der Waals surface area contributed by atoms with Crippen LogP contribution in [0.5, 0.6) is 0 Å². The number of thiocarbonyl (C=S) groups is 1. The zero-order valence-electron chi connectivity index (χ0n) is 10.6. The van der Waals surface area contributed by atoms with Crippen molar-refractivity contribution in [3.63, 3.8) is 0 Å². The number of nitrogens with zero attached hydrogens (tertiary/aromatic N) is 2. The Morgan fingerprint density at radius 2 is 2.37 bits per heavy atom. The van der Waals surface area contributed by atoms with Gasteiger partial charge in [-0.2, -0.15) is 5.10 Å². The fraction of sp³-hybridized carbons (Fsp3) is 0.308. The first-order chi connectivity index (χ1) is 9.13. The van der Waals surface area contributed by atoms with Crippen LogP contribution in [0.4, 0.5) is 0 Å². The summed E-state index contributed by atoms with van der Waals surface area (Å²) in [5.74, 6) is 0. The van der Waals surface area contributed by atoms with Gasteiger partial charge in [-0.05, 0) is 23.9 Å². The average Bonchev–Trinajstić information content (AvgIpc) is 2.91. The smallest absolute Gasteiger partial charge is 0.277 e. The van der Waals surface area contributed by atoms with Crippen LogP contribution in [0.25, 0.3) is 10.6 Å². The van der Waals surface area contributed by atoms with E-state index in [4.69, 9.17) is 18.0 Å². The van der Waals surface area contributed by atoms with Crippen LogP contribution in [0.15, 0.2) is 28.4 Å². The van der Waals surface area contributed by atoms with Gasteiger partial charge in [-0.3, -0.25) is 4.79 Å². The highest BCUT2D eigenvalue weighted by atomic mass is 32.1. The monoisotopic (exact) mass is 293 g/mol. The zero-order chi connectivity index (χ0) is 13.8. The Morgan fingerprint density at radius 1 is 1.58 bits per heavy atom. The standard InChI is InChI=1S/C13H15N3OS2/c1-2-3-6-16-13(17)9(12(14)18)8-10(15-16)11-5-4-7-19-11/h4-5,7-8H,2-3,6H2,1H3,(H2,14,18). The highest BCUT2D eigenvalue weighted by Crippen LogP contribution is 2.22. The Morgan fingerprint density at radius 3 is 2.95 bits per heavy atom. The Balaban J connectivity index is 2.54. The predicted molar refractivity (Wildman–Crippen MR) is 82.6 cm³/mol. The molecular formula is C13H15N3OS2. The number of thiophene rings is 1. The van der Waals surface area contributed by atoms with E-state index >= 15 is 0 Å². The highest BCUT2D eigenvalue weighted by Gasteiger charge is 2.12. The third kappa shape index (κ3) is 3.08. The van der Waals surface area contributed by atoms with Crippen LogP contribution in [0, 0.1) is 0 Å². The van der Waals surface area contributed by atoms with Gasteiger partial charge in [0, 0.05) is 6.54 Å². The second kappa shape index (κ2) is 6.08. The molecule has 0 spiro atoms. The van der Waals surface area contributed by atoms with E-state index in [9.17, 15) is 4.79 Å². The number of aryl methyl sites for hydroxylation is 1. The van der Waals surface area contributed by atoms with E-state index in [2.05, 4.69) is 12.0 Å². The second-order valence-corrected chi connectivity index (χ2v) is 5.55. The molecule has 0 fully saturated rings. The fourth-order valence-electron chi connectivity index (χ4n) is 1.72. The van der Waals surface area contributed by atoms with Crippen molar-refractivity contribution >= 4 is 28.5 Å². The minimum Gasteiger partial charge on any atom is -0.389 e. The summed E-state index contributed by atoms with van der Waals surface area (Å²) in [4.78, 5) is 13.3. The molecule has 100 valence electrons. The van der Waals surface area contributed by atoms with Gasteiger partial charge in [-0.1, -0.05) is 31.6 Å². The first kappa shape index (κ1) is 13.9. The van der Waals surface area contributed by atoms with Crippen LogP contribution in [0.1, 0.15) is 25.3 Å². The summed E-state index contributed by atoms with van der Waals surface area (Å²) in [6.07, 6.45) is 1.90. The largest absolute Gasteiger partial charge is 0.389 e. The fourth-order valence-corrected chi connectivity index (χ4v) is 2.55. The lowest BCUT2D eigenvalue weighted by molar-refractivity contribution is 0.544. The van der Waals surface area contributed by atoms with E-state index < -0.39 is 0 Å². The topological polar surface area (TPSA) is 60.9 Å². The van der Waals surface area contributed by atoms with Crippen LogP contribution < -0.4 is 11.3 Å². The first-order valence-corrected chi connectivity index (χ1v) is 7.38. The Labute approximate surface area is 120 Å². The molecule has 6 heteroatoms. The Bertz CT molecular complexity index is 632. The molecule has 2 rings (SSSR count). The Kier molecular flexibility index (Phi) is 4.44. The van der Waals surface area contributed by atoms with Gasteiger partial charge < -0.3 is 5.73 Å². The van der Waals surface area contributed by atoms with E-state index in [0.29, 0.717) is 12.1 Å². The van der Waals surface area contributed by atoms with Gasteiger partial charge in [0.25, 0.3) is 5.56 Å². The summed E-state index contributed by atoms with van der Waals surface area (Å²) >= 11 is 6.52. The predicted octanol–water partition coefficient (Wildman–Crippen LogP) is 2.41. The summed E-state index contributed by atoms with van der Waals surface area (Å²) in [5.41, 5.74) is 6.53. The van der Waals surface area contributed by atoms with Crippen LogP contribution in [-0.4, -0.2) is 14.8 Å². The van der Waals surface area contributed by atoms with Crippen molar-refractivity contribution in [2.75, 3.05) is 0 Å². The van der Waals surface area contributed by atoms with Gasteiger partial charge in [0.15, 0.2) is 0 Å². The third-order valence-corrected chi connectivity index (χ3v) is 3.85. The van der Waals surface area contributed by atoms with E-state index in [-0.39, 0.29) is 10.5 Å². The summed E-state index contributed by atoms with van der Waals surface area (Å²) < 4.78 is 1.47. The third-order valence-electron chi connectivity index (χ3n) is 2.74. The number of rotatable bonds is 5. The molecular weight excluding hydrogens is 278 g/mol. The van der Waals surface area contributed by atoms with Gasteiger partial charge in [-0.25, -0.2) is 4.68 Å². The molecule has 0 saturated carbocycles. The summed E-state index contributed by atoms with van der Waals surface area (Å²) in [7, 11) is 0. The van der Waals surface area contributed by atoms with Gasteiger partial charge in [-0.15, -0.1) is 11.3 Å². The molecule has 2 N–H and O–H groups in total. The molecule has 4 nitrogen and oxygen atoms in total. The van der Waals surface area contributed by atoms with Crippen LogP contribution in [0.3, 0.4) is 0 Å². The van der Waals surface area contributed by atoms with E-state index in [0.717, 1.165) is 23.4 Å². The lowest BCUT2D eigenvalue weighted by Gasteiger charge is -2.08. The van der Waals surface area contributed by atoms with Gasteiger partial charge >= 0.3 is 0 Å². The summed E-state index contributed by atoms with van der Waals surface area (Å²) in [6.45, 7) is 2.66. The number of unbranched alkanes of at least 4 members (excludes halogenated alkanes) is 1. The van der Waals surface area contributed by atoms with Crippen LogP contribution in [-0.2, 0) is 6.54 Å². The normalized spacial score (nSPS) is 10.6. The molecule has 0 aliphatic heterocycles. The van der Waals surface area contributed by atoms with Gasteiger partial charge in [0.1, 0.15) is 10.7 Å². The first-order valence-electron chi connectivity index (χ1n) is 6.09. The maximum Gasteiger partial charge on any atom is 0.277 e. The van der Waals surface area contributed by atoms with Gasteiger partial charge in [0.2, 0.25) is 0 Å². The van der Waals surface area contributed by atoms with Crippen molar-refractivity contribution in [2.45, 2.75) is 26.3 Å². The van der Waals surface area contributed by atoms with Crippen molar-refractivity contribution in [2.24, 2.45) is 5.73 Å². The van der Waals surface area contributed by atoms with Crippen molar-refractivity contribution in [1.29, 1.82) is 0 Å². The molecule has 0 amide bonds. The zero-order valence-corrected chi connectivity index (χ0v) is 12.3. The van der Waals surface area contributed by atoms with Crippen molar-refractivity contribution < 1.29 is 0 Å². The minimum atomic E-state index is -0.207. The number of nitrogens with two attached hydrogens (primary N) is 1. The molecule has 0 unspecified atom stereocenters. The van der Waals surface area contributed by atoms with E-state index in [1.807, 2.05) is 17.5 Å². The molecule has 0 bridgehead atoms. The van der Waals surface area contributed by atoms with Gasteiger partial charge in [0.05, 0.1) is 10.4 Å². The lowest BCUT2D eigenvalue weighted by Crippen LogP contribution is -2.31. The molecule has 0 radical (unpaired) electrons. The molecule has 0 aliphatic rings. The molecule has 0 atom stereocenters. The lowest BCUT2D eigenvalue weighted by atomic mass is 10.2. The van der Waals surface area contributed by atoms with E-state index in [1.54, 1.807) is 17.4 Å². The maximum absolute atomic E-state index is 12.2. The average molecular weight is 293 g/mol. The molecule has 0 saturated heterocycles. The quantitative estimate of drug-likeness (QED) is 0.860. The van der Waals surface area contributed by atoms with E-state index in [1.165, 1.54) is 4.68 Å².